The molecule has 2 nitrogen and oxygen atoms in total. The van der Waals surface area contributed by atoms with Crippen molar-refractivity contribution in [1.29, 1.82) is 0 Å². The van der Waals surface area contributed by atoms with Crippen LogP contribution in [0.25, 0.3) is 0 Å². The first-order valence-electron chi connectivity index (χ1n) is 6.64. The number of hydrogen-bond acceptors (Lipinski definition) is 3. The van der Waals surface area contributed by atoms with E-state index in [-0.39, 0.29) is 0 Å². The minimum Gasteiger partial charge on any atom is -0.303 e. The number of nitrogens with zero attached hydrogens (tertiary/aromatic N) is 1. The summed E-state index contributed by atoms with van der Waals surface area (Å²) in [5.74, 6) is 0. The Bertz CT molecular complexity index is 340. The zero-order valence-corrected chi connectivity index (χ0v) is 11.2. The third-order valence-corrected chi connectivity index (χ3v) is 4.39. The monoisotopic (exact) mass is 251 g/mol. The molecule has 2 rings (SSSR count). The average molecular weight is 251 g/mol. The summed E-state index contributed by atoms with van der Waals surface area (Å²) in [6, 6.07) is 2.09. The molecule has 94 valence electrons. The Balaban J connectivity index is 1.73. The first-order chi connectivity index (χ1) is 8.40. The highest BCUT2D eigenvalue weighted by Gasteiger charge is 2.09. The Hall–Kier alpha value is -0.670. The van der Waals surface area contributed by atoms with Crippen LogP contribution in [0.1, 0.15) is 47.3 Å². The van der Waals surface area contributed by atoms with Crippen molar-refractivity contribution in [3.8, 4) is 0 Å². The van der Waals surface area contributed by atoms with Crippen LogP contribution in [0, 0.1) is 0 Å². The van der Waals surface area contributed by atoms with Crippen LogP contribution in [-0.4, -0.2) is 30.8 Å². The van der Waals surface area contributed by atoms with Crippen LogP contribution in [0.2, 0.25) is 0 Å². The van der Waals surface area contributed by atoms with Crippen molar-refractivity contribution in [3.05, 3.63) is 21.9 Å². The summed E-state index contributed by atoms with van der Waals surface area (Å²) in [5.41, 5.74) is 1.24. The molecule has 0 N–H and O–H groups in total. The van der Waals surface area contributed by atoms with Crippen LogP contribution in [0.5, 0.6) is 0 Å². The van der Waals surface area contributed by atoms with Crippen LogP contribution in [-0.2, 0) is 6.42 Å². The first-order valence-corrected chi connectivity index (χ1v) is 7.52. The molecule has 2 heterocycles. The molecule has 3 heteroatoms. The van der Waals surface area contributed by atoms with Crippen LogP contribution < -0.4 is 0 Å². The zero-order valence-electron chi connectivity index (χ0n) is 10.4. The smallest absolute Gasteiger partial charge is 0.160 e. The van der Waals surface area contributed by atoms with E-state index in [4.69, 9.17) is 0 Å². The maximum absolute atomic E-state index is 10.8. The van der Waals surface area contributed by atoms with Gasteiger partial charge in [0.15, 0.2) is 6.29 Å². The topological polar surface area (TPSA) is 20.3 Å². The molecule has 0 saturated carbocycles. The van der Waals surface area contributed by atoms with E-state index in [0.717, 1.165) is 17.6 Å². The third kappa shape index (κ3) is 3.93. The van der Waals surface area contributed by atoms with Crippen molar-refractivity contribution in [2.24, 2.45) is 0 Å². The number of aldehydes is 1. The van der Waals surface area contributed by atoms with Gasteiger partial charge in [-0.1, -0.05) is 12.8 Å². The van der Waals surface area contributed by atoms with Crippen LogP contribution in [0.4, 0.5) is 0 Å². The lowest BCUT2D eigenvalue weighted by Gasteiger charge is -2.19. The van der Waals surface area contributed by atoms with Crippen LogP contribution >= 0.6 is 11.3 Å². The van der Waals surface area contributed by atoms with Crippen molar-refractivity contribution in [1.82, 2.24) is 4.90 Å². The van der Waals surface area contributed by atoms with E-state index in [1.165, 1.54) is 57.3 Å². The van der Waals surface area contributed by atoms with Gasteiger partial charge in [-0.3, -0.25) is 4.79 Å². The van der Waals surface area contributed by atoms with E-state index in [1.807, 2.05) is 5.38 Å². The molecule has 1 aliphatic heterocycles. The summed E-state index contributed by atoms with van der Waals surface area (Å²) in [5, 5.41) is 2.02. The predicted molar refractivity (Wildman–Crippen MR) is 72.9 cm³/mol. The quantitative estimate of drug-likeness (QED) is 0.748. The molecule has 1 aliphatic rings. The minimum absolute atomic E-state index is 0.917. The van der Waals surface area contributed by atoms with Gasteiger partial charge in [-0.05, 0) is 62.3 Å². The standard InChI is InChI=1S/C14H21NOS/c16-12-14-13(7-11-17-14)6-5-10-15-8-3-1-2-4-9-15/h7,11-12H,1-6,8-10H2. The summed E-state index contributed by atoms with van der Waals surface area (Å²) in [6.45, 7) is 3.72. The fourth-order valence-corrected chi connectivity index (χ4v) is 3.27. The van der Waals surface area contributed by atoms with Gasteiger partial charge in [0, 0.05) is 0 Å². The molecule has 1 fully saturated rings. The summed E-state index contributed by atoms with van der Waals surface area (Å²) in [7, 11) is 0. The fraction of sp³-hybridized carbons (Fsp3) is 0.643. The number of rotatable bonds is 5. The predicted octanol–water partition coefficient (Wildman–Crippen LogP) is 3.37. The fourth-order valence-electron chi connectivity index (χ4n) is 2.51. The number of thiophene rings is 1. The van der Waals surface area contributed by atoms with Crippen LogP contribution in [0.3, 0.4) is 0 Å². The van der Waals surface area contributed by atoms with Gasteiger partial charge in [0.1, 0.15) is 0 Å². The highest BCUT2D eigenvalue weighted by Crippen LogP contribution is 2.17. The van der Waals surface area contributed by atoms with Crippen molar-refractivity contribution in [3.63, 3.8) is 0 Å². The highest BCUT2D eigenvalue weighted by molar-refractivity contribution is 7.11. The van der Waals surface area contributed by atoms with Gasteiger partial charge in [0.25, 0.3) is 0 Å². The lowest BCUT2D eigenvalue weighted by atomic mass is 10.1. The van der Waals surface area contributed by atoms with Crippen molar-refractivity contribution < 1.29 is 4.79 Å². The number of carbonyl (C=O) groups is 1. The maximum Gasteiger partial charge on any atom is 0.160 e. The van der Waals surface area contributed by atoms with Crippen molar-refractivity contribution in [2.75, 3.05) is 19.6 Å². The number of carbonyl (C=O) groups excluding carboxylic acids is 1. The molecule has 17 heavy (non-hydrogen) atoms. The molecule has 0 unspecified atom stereocenters. The Morgan fingerprint density at radius 2 is 2.00 bits per heavy atom. The Morgan fingerprint density at radius 3 is 2.71 bits per heavy atom. The Morgan fingerprint density at radius 1 is 1.24 bits per heavy atom. The second kappa shape index (κ2) is 6.92. The van der Waals surface area contributed by atoms with Gasteiger partial charge >= 0.3 is 0 Å². The molecule has 0 bridgehead atoms. The normalized spacial score (nSPS) is 17.9. The van der Waals surface area contributed by atoms with Gasteiger partial charge in [-0.25, -0.2) is 0 Å². The minimum atomic E-state index is 0.917. The van der Waals surface area contributed by atoms with Crippen molar-refractivity contribution >= 4 is 17.6 Å². The number of likely N-dealkylation sites (tertiary alicyclic amines) is 1. The Kier molecular flexibility index (Phi) is 5.20. The molecule has 0 amide bonds. The second-order valence-corrected chi connectivity index (χ2v) is 5.74. The van der Waals surface area contributed by atoms with E-state index in [1.54, 1.807) is 11.3 Å². The maximum atomic E-state index is 10.8. The van der Waals surface area contributed by atoms with E-state index in [0.29, 0.717) is 0 Å². The van der Waals surface area contributed by atoms with Gasteiger partial charge in [0.05, 0.1) is 4.88 Å². The summed E-state index contributed by atoms with van der Waals surface area (Å²) in [4.78, 5) is 14.3. The first kappa shape index (κ1) is 12.8. The third-order valence-electron chi connectivity index (χ3n) is 3.51. The van der Waals surface area contributed by atoms with E-state index >= 15 is 0 Å². The molecule has 0 atom stereocenters. The molecular formula is C14H21NOS. The summed E-state index contributed by atoms with van der Waals surface area (Å²) in [6.07, 6.45) is 8.74. The lowest BCUT2D eigenvalue weighted by molar-refractivity contribution is 0.112. The molecular weight excluding hydrogens is 230 g/mol. The van der Waals surface area contributed by atoms with Gasteiger partial charge < -0.3 is 4.90 Å². The second-order valence-electron chi connectivity index (χ2n) is 4.79. The summed E-state index contributed by atoms with van der Waals surface area (Å²) >= 11 is 1.56. The molecule has 1 aromatic heterocycles. The molecule has 0 aliphatic carbocycles. The summed E-state index contributed by atoms with van der Waals surface area (Å²) < 4.78 is 0. The van der Waals surface area contributed by atoms with Crippen LogP contribution in [0.15, 0.2) is 11.4 Å². The molecule has 1 aromatic rings. The van der Waals surface area contributed by atoms with Crippen molar-refractivity contribution in [2.45, 2.75) is 38.5 Å². The Labute approximate surface area is 108 Å². The van der Waals surface area contributed by atoms with E-state index < -0.39 is 0 Å². The number of hydrogen-bond donors (Lipinski definition) is 0. The van der Waals surface area contributed by atoms with Gasteiger partial charge in [0.2, 0.25) is 0 Å². The average Bonchev–Trinajstić information content (AvgIpc) is 2.64. The molecule has 1 saturated heterocycles. The van der Waals surface area contributed by atoms with Gasteiger partial charge in [-0.15, -0.1) is 11.3 Å². The lowest BCUT2D eigenvalue weighted by Crippen LogP contribution is -2.26. The SMILES string of the molecule is O=Cc1sccc1CCCN1CCCCCC1. The zero-order chi connectivity index (χ0) is 11.9. The van der Waals surface area contributed by atoms with E-state index in [2.05, 4.69) is 11.0 Å². The molecule has 0 spiro atoms. The van der Waals surface area contributed by atoms with E-state index in [9.17, 15) is 4.79 Å². The molecule has 0 radical (unpaired) electrons. The largest absolute Gasteiger partial charge is 0.303 e. The van der Waals surface area contributed by atoms with Gasteiger partial charge in [-0.2, -0.15) is 0 Å². The molecule has 0 aromatic carbocycles. The highest BCUT2D eigenvalue weighted by atomic mass is 32.1. The number of aryl methyl sites for hydroxylation is 1.